The number of nitrogens with zero attached hydrogens (tertiary/aromatic N) is 3. The van der Waals surface area contributed by atoms with Crippen molar-refractivity contribution in [1.29, 1.82) is 0 Å². The van der Waals surface area contributed by atoms with Gasteiger partial charge in [-0.15, -0.1) is 0 Å². The number of furan rings is 1. The van der Waals surface area contributed by atoms with Gasteiger partial charge in [0.15, 0.2) is 11.5 Å². The van der Waals surface area contributed by atoms with Gasteiger partial charge in [0.1, 0.15) is 0 Å². The number of aliphatic hydroxyl groups excluding tert-OH is 1. The highest BCUT2D eigenvalue weighted by Gasteiger charge is 2.44. The van der Waals surface area contributed by atoms with Crippen LogP contribution in [0.5, 0.6) is 0 Å². The average Bonchev–Trinajstić information content (AvgIpc) is 3.38. The Morgan fingerprint density at radius 2 is 2.03 bits per heavy atom. The van der Waals surface area contributed by atoms with Gasteiger partial charge in [-0.25, -0.2) is 0 Å². The van der Waals surface area contributed by atoms with E-state index in [1.54, 1.807) is 35.5 Å². The highest BCUT2D eigenvalue weighted by Crippen LogP contribution is 2.38. The van der Waals surface area contributed by atoms with E-state index in [0.717, 1.165) is 26.1 Å². The highest BCUT2D eigenvalue weighted by molar-refractivity contribution is 6.14. The number of ketones is 1. The zero-order valence-corrected chi connectivity index (χ0v) is 16.0. The van der Waals surface area contributed by atoms with Crippen LogP contribution < -0.4 is 0 Å². The molecule has 152 valence electrons. The van der Waals surface area contributed by atoms with Crippen molar-refractivity contribution in [3.63, 3.8) is 0 Å². The van der Waals surface area contributed by atoms with Crippen LogP contribution in [0.2, 0.25) is 0 Å². The minimum Gasteiger partial charge on any atom is -0.503 e. The predicted octanol–water partition coefficient (Wildman–Crippen LogP) is 1.98. The van der Waals surface area contributed by atoms with Crippen molar-refractivity contribution in [3.05, 3.63) is 65.6 Å². The van der Waals surface area contributed by atoms with Crippen LogP contribution in [0.3, 0.4) is 0 Å². The van der Waals surface area contributed by atoms with Crippen molar-refractivity contribution in [3.8, 4) is 0 Å². The molecule has 1 saturated heterocycles. The van der Waals surface area contributed by atoms with Crippen molar-refractivity contribution >= 4 is 11.7 Å². The quantitative estimate of drug-likeness (QED) is 0.714. The maximum Gasteiger partial charge on any atom is 0.290 e. The van der Waals surface area contributed by atoms with Crippen molar-refractivity contribution < 1.29 is 23.8 Å². The highest BCUT2D eigenvalue weighted by atomic mass is 16.5. The molecule has 0 aromatic carbocycles. The van der Waals surface area contributed by atoms with E-state index in [9.17, 15) is 14.7 Å². The Labute approximate surface area is 168 Å². The number of morpholine rings is 1. The molecule has 0 spiro atoms. The van der Waals surface area contributed by atoms with E-state index in [-0.39, 0.29) is 11.3 Å². The fourth-order valence-corrected chi connectivity index (χ4v) is 3.83. The summed E-state index contributed by atoms with van der Waals surface area (Å²) < 4.78 is 10.6. The lowest BCUT2D eigenvalue weighted by Crippen LogP contribution is -2.39. The van der Waals surface area contributed by atoms with Crippen LogP contribution >= 0.6 is 0 Å². The molecular formula is C21H23N3O5. The molecular weight excluding hydrogens is 374 g/mol. The number of pyridine rings is 1. The topological polar surface area (TPSA) is 96.1 Å². The van der Waals surface area contributed by atoms with E-state index in [2.05, 4.69) is 9.88 Å². The fourth-order valence-electron chi connectivity index (χ4n) is 3.83. The van der Waals surface area contributed by atoms with E-state index in [4.69, 9.17) is 9.15 Å². The van der Waals surface area contributed by atoms with Crippen LogP contribution in [0, 0.1) is 0 Å². The number of aromatic nitrogens is 1. The minimum absolute atomic E-state index is 0.0318. The molecule has 2 aliphatic rings. The lowest BCUT2D eigenvalue weighted by Gasteiger charge is -2.29. The number of aliphatic hydroxyl groups is 1. The second-order valence-corrected chi connectivity index (χ2v) is 7.06. The Kier molecular flexibility index (Phi) is 5.73. The fraction of sp³-hybridized carbons (Fsp3) is 0.381. The molecule has 2 aromatic heterocycles. The third kappa shape index (κ3) is 3.94. The molecule has 1 N–H and O–H groups in total. The van der Waals surface area contributed by atoms with E-state index in [1.165, 1.54) is 12.3 Å². The van der Waals surface area contributed by atoms with Crippen molar-refractivity contribution in [1.82, 2.24) is 14.8 Å². The molecule has 8 heteroatoms. The third-order valence-electron chi connectivity index (χ3n) is 5.27. The van der Waals surface area contributed by atoms with Gasteiger partial charge in [0.2, 0.25) is 5.78 Å². The molecule has 0 aliphatic carbocycles. The van der Waals surface area contributed by atoms with Crippen LogP contribution in [0.1, 0.15) is 28.6 Å². The molecule has 2 aromatic rings. The monoisotopic (exact) mass is 397 g/mol. The Bertz CT molecular complexity index is 888. The van der Waals surface area contributed by atoms with Crippen molar-refractivity contribution in [2.24, 2.45) is 0 Å². The number of carbonyl (C=O) groups is 2. The first kappa shape index (κ1) is 19.4. The van der Waals surface area contributed by atoms with Crippen LogP contribution in [0.4, 0.5) is 0 Å². The molecule has 0 bridgehead atoms. The van der Waals surface area contributed by atoms with E-state index in [1.807, 2.05) is 0 Å². The maximum atomic E-state index is 13.0. The number of hydrogen-bond donors (Lipinski definition) is 1. The summed E-state index contributed by atoms with van der Waals surface area (Å²) in [6.45, 7) is 4.39. The van der Waals surface area contributed by atoms with Gasteiger partial charge in [0, 0.05) is 38.6 Å². The van der Waals surface area contributed by atoms with Gasteiger partial charge < -0.3 is 19.2 Å². The first-order valence-corrected chi connectivity index (χ1v) is 9.69. The molecule has 4 rings (SSSR count). The zero-order chi connectivity index (χ0) is 20.2. The largest absolute Gasteiger partial charge is 0.503 e. The van der Waals surface area contributed by atoms with Crippen molar-refractivity contribution in [2.45, 2.75) is 12.5 Å². The lowest BCUT2D eigenvalue weighted by atomic mass is 9.96. The van der Waals surface area contributed by atoms with Gasteiger partial charge in [-0.1, -0.05) is 6.07 Å². The van der Waals surface area contributed by atoms with E-state index in [0.29, 0.717) is 25.3 Å². The van der Waals surface area contributed by atoms with E-state index < -0.39 is 23.5 Å². The van der Waals surface area contributed by atoms with Crippen LogP contribution in [-0.2, 0) is 9.53 Å². The van der Waals surface area contributed by atoms with Crippen LogP contribution in [0.25, 0.3) is 0 Å². The summed E-state index contributed by atoms with van der Waals surface area (Å²) in [4.78, 5) is 33.8. The SMILES string of the molecule is O=C(C1=C(O)C(=O)N(CCCN2CCOCC2)C1c1cccnc1)c1ccco1. The molecule has 4 heterocycles. The summed E-state index contributed by atoms with van der Waals surface area (Å²) in [6.07, 6.45) is 5.35. The molecule has 1 amide bonds. The molecule has 1 fully saturated rings. The second kappa shape index (κ2) is 8.59. The smallest absolute Gasteiger partial charge is 0.290 e. The molecule has 29 heavy (non-hydrogen) atoms. The molecule has 1 unspecified atom stereocenters. The summed E-state index contributed by atoms with van der Waals surface area (Å²) in [5.41, 5.74) is 0.704. The Balaban J connectivity index is 1.57. The lowest BCUT2D eigenvalue weighted by molar-refractivity contribution is -0.129. The van der Waals surface area contributed by atoms with Gasteiger partial charge in [-0.05, 0) is 30.2 Å². The number of rotatable bonds is 7. The summed E-state index contributed by atoms with van der Waals surface area (Å²) in [7, 11) is 0. The number of amides is 1. The Morgan fingerprint density at radius 1 is 1.21 bits per heavy atom. The Hall–Kier alpha value is -2.97. The maximum absolute atomic E-state index is 13.0. The Morgan fingerprint density at radius 3 is 2.72 bits per heavy atom. The van der Waals surface area contributed by atoms with Gasteiger partial charge in [0.25, 0.3) is 5.91 Å². The number of hydrogen-bond acceptors (Lipinski definition) is 7. The van der Waals surface area contributed by atoms with Gasteiger partial charge in [0.05, 0.1) is 31.1 Å². The molecule has 8 nitrogen and oxygen atoms in total. The molecule has 0 saturated carbocycles. The summed E-state index contributed by atoms with van der Waals surface area (Å²) in [5, 5.41) is 10.6. The molecule has 1 atom stereocenters. The summed E-state index contributed by atoms with van der Waals surface area (Å²) in [6, 6.07) is 5.97. The van der Waals surface area contributed by atoms with Gasteiger partial charge >= 0.3 is 0 Å². The zero-order valence-electron chi connectivity index (χ0n) is 16.0. The third-order valence-corrected chi connectivity index (χ3v) is 5.27. The minimum atomic E-state index is -0.696. The predicted molar refractivity (Wildman–Crippen MR) is 103 cm³/mol. The van der Waals surface area contributed by atoms with Crippen molar-refractivity contribution in [2.75, 3.05) is 39.4 Å². The second-order valence-electron chi connectivity index (χ2n) is 7.06. The normalized spacial score (nSPS) is 20.5. The molecule has 0 radical (unpaired) electrons. The average molecular weight is 397 g/mol. The number of Topliss-reactive ketones (excluding diaryl/α,β-unsaturated/α-hetero) is 1. The standard InChI is InChI=1S/C21H23N3O5/c25-19(16-5-2-11-29-16)17-18(15-4-1-6-22-14-15)24(21(27)20(17)26)8-3-7-23-9-12-28-13-10-23/h1-2,4-6,11,14,18,26H,3,7-10,12-13H2. The number of ether oxygens (including phenoxy) is 1. The van der Waals surface area contributed by atoms with Crippen LogP contribution in [-0.4, -0.2) is 71.0 Å². The first-order valence-electron chi connectivity index (χ1n) is 9.69. The summed E-state index contributed by atoms with van der Waals surface area (Å²) >= 11 is 0. The van der Waals surface area contributed by atoms with Crippen LogP contribution in [0.15, 0.2) is 58.7 Å². The summed E-state index contributed by atoms with van der Waals surface area (Å²) in [5.74, 6) is -1.48. The van der Waals surface area contributed by atoms with E-state index >= 15 is 0 Å². The van der Waals surface area contributed by atoms with Gasteiger partial charge in [-0.3, -0.25) is 19.5 Å². The molecule has 2 aliphatic heterocycles. The number of carbonyl (C=O) groups excluding carboxylic acids is 2. The first-order chi connectivity index (χ1) is 14.2. The van der Waals surface area contributed by atoms with Gasteiger partial charge in [-0.2, -0.15) is 0 Å².